The van der Waals surface area contributed by atoms with Gasteiger partial charge in [-0.05, 0) is 27.4 Å². The van der Waals surface area contributed by atoms with E-state index in [1.807, 2.05) is 18.0 Å². The third-order valence-corrected chi connectivity index (χ3v) is 4.78. The zero-order chi connectivity index (χ0) is 10.1. The van der Waals surface area contributed by atoms with Gasteiger partial charge in [0.2, 0.25) is 0 Å². The average Bonchev–Trinajstić information content (AvgIpc) is 2.57. The number of hydrogen-bond donors (Lipinski definition) is 0. The van der Waals surface area contributed by atoms with Gasteiger partial charge in [0.15, 0.2) is 0 Å². The number of thiophene rings is 1. The Balaban J connectivity index is 2.58. The molecule has 0 unspecified atom stereocenters. The number of nitrogens with zero attached hydrogens (tertiary/aromatic N) is 1. The van der Waals surface area contributed by atoms with Crippen LogP contribution in [0.1, 0.15) is 13.8 Å². The predicted molar refractivity (Wildman–Crippen MR) is 68.3 cm³/mol. The van der Waals surface area contributed by atoms with E-state index in [9.17, 15) is 0 Å². The van der Waals surface area contributed by atoms with Crippen LogP contribution in [0.4, 0.5) is 0 Å². The number of fused-ring (bicyclic) bond motifs is 1. The molecular formula is C10H10BrNS2. The minimum absolute atomic E-state index is 0.596. The normalized spacial score (nSPS) is 11.4. The van der Waals surface area contributed by atoms with Gasteiger partial charge in [0.1, 0.15) is 0 Å². The van der Waals surface area contributed by atoms with Crippen LogP contribution in [0.15, 0.2) is 27.0 Å². The predicted octanol–water partition coefficient (Wildman–Crippen LogP) is 4.56. The number of hydrogen-bond acceptors (Lipinski definition) is 3. The van der Waals surface area contributed by atoms with Crippen LogP contribution in [-0.2, 0) is 0 Å². The lowest BCUT2D eigenvalue weighted by Gasteiger charge is -2.07. The standard InChI is InChI=1S/C10H10BrNS2/c1-6(2)14-9-7(11)5-12-8-3-4-13-10(8)9/h3-6H,1-2H3. The molecule has 0 amide bonds. The third kappa shape index (κ3) is 1.97. The Morgan fingerprint density at radius 1 is 1.50 bits per heavy atom. The van der Waals surface area contributed by atoms with Gasteiger partial charge in [0, 0.05) is 16.3 Å². The summed E-state index contributed by atoms with van der Waals surface area (Å²) in [4.78, 5) is 5.68. The van der Waals surface area contributed by atoms with Crippen LogP contribution in [0.3, 0.4) is 0 Å². The summed E-state index contributed by atoms with van der Waals surface area (Å²) in [6, 6.07) is 2.07. The molecule has 0 saturated carbocycles. The number of pyridine rings is 1. The third-order valence-electron chi connectivity index (χ3n) is 1.74. The summed E-state index contributed by atoms with van der Waals surface area (Å²) in [6.07, 6.45) is 1.89. The number of halogens is 1. The highest BCUT2D eigenvalue weighted by molar-refractivity contribution is 9.10. The first-order valence-corrected chi connectivity index (χ1v) is 6.92. The van der Waals surface area contributed by atoms with E-state index < -0.39 is 0 Å². The minimum atomic E-state index is 0.596. The topological polar surface area (TPSA) is 12.9 Å². The molecule has 0 atom stereocenters. The van der Waals surface area contributed by atoms with E-state index in [-0.39, 0.29) is 0 Å². The molecule has 0 aliphatic carbocycles. The van der Waals surface area contributed by atoms with Crippen molar-refractivity contribution in [3.63, 3.8) is 0 Å². The molecule has 2 rings (SSSR count). The molecule has 0 N–H and O–H groups in total. The molecule has 0 saturated heterocycles. The Hall–Kier alpha value is -0.0600. The van der Waals surface area contributed by atoms with E-state index in [0.29, 0.717) is 5.25 Å². The molecule has 0 aliphatic heterocycles. The summed E-state index contributed by atoms with van der Waals surface area (Å²) in [7, 11) is 0. The zero-order valence-electron chi connectivity index (χ0n) is 7.95. The SMILES string of the molecule is CC(C)Sc1c(Br)cnc2ccsc12. The molecule has 2 aromatic rings. The van der Waals surface area contributed by atoms with Gasteiger partial charge in [0.05, 0.1) is 14.7 Å². The molecule has 1 nitrogen and oxygen atoms in total. The van der Waals surface area contributed by atoms with E-state index >= 15 is 0 Å². The van der Waals surface area contributed by atoms with E-state index in [2.05, 4.69) is 46.2 Å². The quantitative estimate of drug-likeness (QED) is 0.751. The van der Waals surface area contributed by atoms with E-state index in [4.69, 9.17) is 0 Å². The van der Waals surface area contributed by atoms with Crippen LogP contribution in [0, 0.1) is 0 Å². The summed E-state index contributed by atoms with van der Waals surface area (Å²) in [5.74, 6) is 0. The second kappa shape index (κ2) is 4.21. The molecule has 0 aliphatic rings. The van der Waals surface area contributed by atoms with Crippen molar-refractivity contribution in [2.24, 2.45) is 0 Å². The maximum Gasteiger partial charge on any atom is 0.0821 e. The Bertz CT molecular complexity index is 450. The van der Waals surface area contributed by atoms with Crippen molar-refractivity contribution < 1.29 is 0 Å². The number of aromatic nitrogens is 1. The minimum Gasteiger partial charge on any atom is -0.254 e. The first-order valence-electron chi connectivity index (χ1n) is 4.37. The highest BCUT2D eigenvalue weighted by Gasteiger charge is 2.10. The first-order chi connectivity index (χ1) is 6.68. The van der Waals surface area contributed by atoms with Crippen LogP contribution in [0.25, 0.3) is 10.2 Å². The summed E-state index contributed by atoms with van der Waals surface area (Å²) < 4.78 is 2.39. The molecule has 0 radical (unpaired) electrons. The molecule has 0 aromatic carbocycles. The van der Waals surface area contributed by atoms with Crippen molar-refractivity contribution in [2.75, 3.05) is 0 Å². The average molecular weight is 288 g/mol. The van der Waals surface area contributed by atoms with Crippen molar-refractivity contribution in [3.8, 4) is 0 Å². The molecule has 0 spiro atoms. The summed E-state index contributed by atoms with van der Waals surface area (Å²) in [5.41, 5.74) is 1.10. The smallest absolute Gasteiger partial charge is 0.0821 e. The van der Waals surface area contributed by atoms with Gasteiger partial charge < -0.3 is 0 Å². The van der Waals surface area contributed by atoms with E-state index in [1.54, 1.807) is 11.3 Å². The Morgan fingerprint density at radius 3 is 3.00 bits per heavy atom. The lowest BCUT2D eigenvalue weighted by molar-refractivity contribution is 1.11. The van der Waals surface area contributed by atoms with Crippen molar-refractivity contribution in [2.45, 2.75) is 24.0 Å². The maximum absolute atomic E-state index is 4.36. The van der Waals surface area contributed by atoms with Crippen LogP contribution in [0.2, 0.25) is 0 Å². The van der Waals surface area contributed by atoms with Gasteiger partial charge >= 0.3 is 0 Å². The maximum atomic E-state index is 4.36. The fourth-order valence-corrected chi connectivity index (χ4v) is 3.85. The van der Waals surface area contributed by atoms with Crippen molar-refractivity contribution in [1.82, 2.24) is 4.98 Å². The molecule has 2 aromatic heterocycles. The lowest BCUT2D eigenvalue weighted by Crippen LogP contribution is -1.88. The van der Waals surface area contributed by atoms with Gasteiger partial charge in [-0.15, -0.1) is 23.1 Å². The molecule has 0 fully saturated rings. The fourth-order valence-electron chi connectivity index (χ4n) is 1.21. The lowest BCUT2D eigenvalue weighted by atomic mass is 10.4. The van der Waals surface area contributed by atoms with E-state index in [0.717, 1.165) is 9.99 Å². The number of thioether (sulfide) groups is 1. The van der Waals surface area contributed by atoms with Crippen molar-refractivity contribution in [3.05, 3.63) is 22.1 Å². The first kappa shape index (κ1) is 10.5. The van der Waals surface area contributed by atoms with Crippen molar-refractivity contribution >= 4 is 49.2 Å². The van der Waals surface area contributed by atoms with Gasteiger partial charge in [-0.1, -0.05) is 13.8 Å². The van der Waals surface area contributed by atoms with Crippen molar-refractivity contribution in [1.29, 1.82) is 0 Å². The second-order valence-corrected chi connectivity index (χ2v) is 6.59. The molecule has 2 heterocycles. The molecule has 4 heteroatoms. The van der Waals surface area contributed by atoms with Crippen LogP contribution in [0.5, 0.6) is 0 Å². The van der Waals surface area contributed by atoms with Crippen LogP contribution in [-0.4, -0.2) is 10.2 Å². The van der Waals surface area contributed by atoms with E-state index in [1.165, 1.54) is 9.60 Å². The van der Waals surface area contributed by atoms with Gasteiger partial charge in [-0.3, -0.25) is 4.98 Å². The number of rotatable bonds is 2. The van der Waals surface area contributed by atoms with Gasteiger partial charge in [-0.25, -0.2) is 0 Å². The summed E-state index contributed by atoms with van der Waals surface area (Å²) >= 11 is 7.19. The monoisotopic (exact) mass is 287 g/mol. The Kier molecular flexibility index (Phi) is 3.14. The molecular weight excluding hydrogens is 278 g/mol. The molecule has 74 valence electrons. The zero-order valence-corrected chi connectivity index (χ0v) is 11.2. The largest absolute Gasteiger partial charge is 0.254 e. The molecule has 0 bridgehead atoms. The Morgan fingerprint density at radius 2 is 2.29 bits per heavy atom. The van der Waals surface area contributed by atoms with Crippen LogP contribution < -0.4 is 0 Å². The van der Waals surface area contributed by atoms with Crippen LogP contribution >= 0.6 is 39.0 Å². The fraction of sp³-hybridized carbons (Fsp3) is 0.300. The highest BCUT2D eigenvalue weighted by atomic mass is 79.9. The van der Waals surface area contributed by atoms with Gasteiger partial charge in [0.25, 0.3) is 0 Å². The Labute approximate surface area is 100 Å². The summed E-state index contributed by atoms with van der Waals surface area (Å²) in [6.45, 7) is 4.41. The summed E-state index contributed by atoms with van der Waals surface area (Å²) in [5, 5.41) is 2.69. The second-order valence-electron chi connectivity index (χ2n) is 3.24. The van der Waals surface area contributed by atoms with Gasteiger partial charge in [-0.2, -0.15) is 0 Å². The highest BCUT2D eigenvalue weighted by Crippen LogP contribution is 2.38. The molecule has 14 heavy (non-hydrogen) atoms.